The molecule has 8 nitrogen and oxygen atoms in total. The van der Waals surface area contributed by atoms with E-state index in [1.807, 2.05) is 13.2 Å². The van der Waals surface area contributed by atoms with Gasteiger partial charge in [-0.25, -0.2) is 9.59 Å². The number of carbonyl (C=O) groups excluding carboxylic acids is 2. The van der Waals surface area contributed by atoms with Crippen molar-refractivity contribution in [2.75, 3.05) is 17.7 Å². The summed E-state index contributed by atoms with van der Waals surface area (Å²) in [6.45, 7) is 1.82. The molecule has 3 N–H and O–H groups in total. The maximum absolute atomic E-state index is 12.6. The highest BCUT2D eigenvalue weighted by molar-refractivity contribution is 7.99. The number of amides is 2. The van der Waals surface area contributed by atoms with E-state index in [4.69, 9.17) is 15.3 Å². The summed E-state index contributed by atoms with van der Waals surface area (Å²) in [4.78, 5) is 36.1. The molecule has 0 radical (unpaired) electrons. The molecule has 152 valence electrons. The molecule has 1 aromatic rings. The Morgan fingerprint density at radius 2 is 2.00 bits per heavy atom. The van der Waals surface area contributed by atoms with Crippen LogP contribution in [0, 0.1) is 5.41 Å². The first-order valence-electron chi connectivity index (χ1n) is 8.88. The minimum absolute atomic E-state index is 0.0560. The maximum atomic E-state index is 12.6. The smallest absolute Gasteiger partial charge is 0.415 e. The van der Waals surface area contributed by atoms with Crippen molar-refractivity contribution in [2.45, 2.75) is 24.3 Å². The molecule has 1 fully saturated rings. The van der Waals surface area contributed by atoms with Crippen LogP contribution in [0.25, 0.3) is 0 Å². The molecule has 0 saturated carbocycles. The first-order valence-corrected chi connectivity index (χ1v) is 10.1. The predicted molar refractivity (Wildman–Crippen MR) is 110 cm³/mol. The second-order valence-corrected chi connectivity index (χ2v) is 8.01. The SMILES string of the molecule is CSC(C)(NC(=O)C1=CCC(=N)C=C1)c1ccc(N2CC(C(=O)O)OC2=O)cc1. The van der Waals surface area contributed by atoms with Crippen molar-refractivity contribution >= 4 is 41.1 Å². The Balaban J connectivity index is 1.75. The topological polar surface area (TPSA) is 120 Å². The van der Waals surface area contributed by atoms with Crippen LogP contribution in [0.5, 0.6) is 0 Å². The quantitative estimate of drug-likeness (QED) is 0.615. The maximum Gasteiger partial charge on any atom is 0.415 e. The average molecular weight is 415 g/mol. The van der Waals surface area contributed by atoms with E-state index in [1.54, 1.807) is 42.5 Å². The zero-order chi connectivity index (χ0) is 21.2. The van der Waals surface area contributed by atoms with Gasteiger partial charge in [-0.05, 0) is 43.0 Å². The zero-order valence-corrected chi connectivity index (χ0v) is 16.8. The van der Waals surface area contributed by atoms with Gasteiger partial charge in [-0.2, -0.15) is 0 Å². The largest absolute Gasteiger partial charge is 0.478 e. The minimum atomic E-state index is -1.18. The number of ether oxygens (including phenoxy) is 1. The molecular weight excluding hydrogens is 394 g/mol. The molecule has 0 aromatic heterocycles. The van der Waals surface area contributed by atoms with Crippen molar-refractivity contribution in [1.29, 1.82) is 5.41 Å². The van der Waals surface area contributed by atoms with Gasteiger partial charge in [-0.3, -0.25) is 9.69 Å². The molecular formula is C20H21N3O5S. The number of carboxylic acids is 1. The molecule has 9 heteroatoms. The summed E-state index contributed by atoms with van der Waals surface area (Å²) in [5.41, 5.74) is 2.30. The molecule has 2 amide bonds. The lowest BCUT2D eigenvalue weighted by Gasteiger charge is -2.30. The van der Waals surface area contributed by atoms with Crippen LogP contribution in [0.3, 0.4) is 0 Å². The fourth-order valence-corrected chi connectivity index (χ4v) is 3.57. The number of thioether (sulfide) groups is 1. The van der Waals surface area contributed by atoms with Gasteiger partial charge in [0.15, 0.2) is 0 Å². The number of hydrogen-bond acceptors (Lipinski definition) is 6. The van der Waals surface area contributed by atoms with Crippen LogP contribution < -0.4 is 10.2 Å². The highest BCUT2D eigenvalue weighted by atomic mass is 32.2. The number of cyclic esters (lactones) is 1. The summed E-state index contributed by atoms with van der Waals surface area (Å²) in [5.74, 6) is -1.42. The van der Waals surface area contributed by atoms with E-state index in [1.165, 1.54) is 16.7 Å². The van der Waals surface area contributed by atoms with E-state index in [0.717, 1.165) is 5.56 Å². The second kappa shape index (κ2) is 8.12. The Bertz CT molecular complexity index is 925. The summed E-state index contributed by atoms with van der Waals surface area (Å²) >= 11 is 1.45. The van der Waals surface area contributed by atoms with Crippen LogP contribution in [0.1, 0.15) is 18.9 Å². The third-order valence-electron chi connectivity index (χ3n) is 4.85. The van der Waals surface area contributed by atoms with Crippen molar-refractivity contribution in [1.82, 2.24) is 5.32 Å². The highest BCUT2D eigenvalue weighted by Gasteiger charge is 2.37. The molecule has 1 aliphatic heterocycles. The molecule has 29 heavy (non-hydrogen) atoms. The van der Waals surface area contributed by atoms with Crippen molar-refractivity contribution < 1.29 is 24.2 Å². The number of anilines is 1. The molecule has 0 spiro atoms. The molecule has 1 heterocycles. The number of nitrogens with zero attached hydrogens (tertiary/aromatic N) is 1. The van der Waals surface area contributed by atoms with Gasteiger partial charge in [0.25, 0.3) is 5.91 Å². The van der Waals surface area contributed by atoms with E-state index >= 15 is 0 Å². The first-order chi connectivity index (χ1) is 13.7. The van der Waals surface area contributed by atoms with Gasteiger partial charge in [0.2, 0.25) is 6.10 Å². The van der Waals surface area contributed by atoms with Crippen LogP contribution in [0.2, 0.25) is 0 Å². The van der Waals surface area contributed by atoms with Gasteiger partial charge >= 0.3 is 12.1 Å². The molecule has 0 bridgehead atoms. The predicted octanol–water partition coefficient (Wildman–Crippen LogP) is 2.65. The van der Waals surface area contributed by atoms with E-state index in [-0.39, 0.29) is 12.5 Å². The Labute approximate surface area is 172 Å². The Kier molecular flexibility index (Phi) is 5.78. The average Bonchev–Trinajstić information content (AvgIpc) is 3.10. The van der Waals surface area contributed by atoms with E-state index in [0.29, 0.717) is 23.4 Å². The van der Waals surface area contributed by atoms with Crippen LogP contribution >= 0.6 is 11.8 Å². The normalized spacial score (nSPS) is 20.7. The summed E-state index contributed by atoms with van der Waals surface area (Å²) in [6, 6.07) is 6.97. The Morgan fingerprint density at radius 3 is 2.52 bits per heavy atom. The molecule has 1 aromatic carbocycles. The molecule has 1 saturated heterocycles. The van der Waals surface area contributed by atoms with E-state index in [2.05, 4.69) is 5.32 Å². The number of hydrogen-bond donors (Lipinski definition) is 3. The standard InChI is InChI=1S/C20H21N3O5S/c1-20(29-2,22-17(24)12-3-7-14(21)8-4-12)13-5-9-15(10-6-13)23-11-16(18(25)26)28-19(23)27/h3-7,9-10,16,21H,8,11H2,1-2H3,(H,22,24)(H,25,26). The first kappa shape index (κ1) is 20.7. The highest BCUT2D eigenvalue weighted by Crippen LogP contribution is 2.33. The van der Waals surface area contributed by atoms with Gasteiger partial charge in [-0.15, -0.1) is 11.8 Å². The van der Waals surface area contributed by atoms with Crippen molar-refractivity contribution in [3.63, 3.8) is 0 Å². The van der Waals surface area contributed by atoms with Crippen LogP contribution in [-0.4, -0.2) is 47.7 Å². The third-order valence-corrected chi connectivity index (χ3v) is 6.00. The van der Waals surface area contributed by atoms with Gasteiger partial charge in [0, 0.05) is 23.4 Å². The minimum Gasteiger partial charge on any atom is -0.478 e. The number of allylic oxidation sites excluding steroid dienone is 2. The summed E-state index contributed by atoms with van der Waals surface area (Å²) in [5, 5.41) is 19.6. The third kappa shape index (κ3) is 4.34. The Morgan fingerprint density at radius 1 is 1.31 bits per heavy atom. The van der Waals surface area contributed by atoms with Crippen LogP contribution in [0.15, 0.2) is 48.1 Å². The number of carboxylic acid groups (broad SMARTS) is 1. The number of carbonyl (C=O) groups is 3. The van der Waals surface area contributed by atoms with Gasteiger partial charge in [0.1, 0.15) is 4.87 Å². The zero-order valence-electron chi connectivity index (χ0n) is 16.0. The van der Waals surface area contributed by atoms with Crippen molar-refractivity contribution in [2.24, 2.45) is 0 Å². The number of aliphatic carboxylic acids is 1. The van der Waals surface area contributed by atoms with Crippen molar-refractivity contribution in [3.05, 3.63) is 53.6 Å². The van der Waals surface area contributed by atoms with E-state index < -0.39 is 23.0 Å². The molecule has 2 atom stereocenters. The number of rotatable bonds is 6. The summed E-state index contributed by atoms with van der Waals surface area (Å²) in [6.07, 6.45) is 5.38. The summed E-state index contributed by atoms with van der Waals surface area (Å²) < 4.78 is 4.83. The Hall–Kier alpha value is -3.07. The molecule has 1 aliphatic carbocycles. The second-order valence-electron chi connectivity index (χ2n) is 6.78. The lowest BCUT2D eigenvalue weighted by Crippen LogP contribution is -2.41. The molecule has 3 rings (SSSR count). The fourth-order valence-electron chi connectivity index (χ4n) is 3.01. The lowest BCUT2D eigenvalue weighted by atomic mass is 10.0. The van der Waals surface area contributed by atoms with Gasteiger partial charge in [-0.1, -0.05) is 18.2 Å². The molecule has 2 unspecified atom stereocenters. The number of nitrogens with one attached hydrogen (secondary N) is 2. The lowest BCUT2D eigenvalue weighted by molar-refractivity contribution is -0.144. The van der Waals surface area contributed by atoms with Crippen LogP contribution in [-0.2, 0) is 19.2 Å². The molecule has 2 aliphatic rings. The van der Waals surface area contributed by atoms with Gasteiger partial charge < -0.3 is 20.6 Å². The van der Waals surface area contributed by atoms with E-state index in [9.17, 15) is 14.4 Å². The number of benzene rings is 1. The van der Waals surface area contributed by atoms with Crippen LogP contribution in [0.4, 0.5) is 10.5 Å². The fraction of sp³-hybridized carbons (Fsp3) is 0.300. The summed E-state index contributed by atoms with van der Waals surface area (Å²) in [7, 11) is 0. The van der Waals surface area contributed by atoms with Gasteiger partial charge in [0.05, 0.1) is 6.54 Å². The van der Waals surface area contributed by atoms with Crippen molar-refractivity contribution in [3.8, 4) is 0 Å². The monoisotopic (exact) mass is 415 g/mol.